The summed E-state index contributed by atoms with van der Waals surface area (Å²) in [4.78, 5) is 15.1. The summed E-state index contributed by atoms with van der Waals surface area (Å²) in [5.41, 5.74) is 5.53. The van der Waals surface area contributed by atoms with Crippen molar-refractivity contribution < 1.29 is 22.5 Å². The van der Waals surface area contributed by atoms with Crippen LogP contribution < -0.4 is 5.73 Å². The van der Waals surface area contributed by atoms with E-state index in [1.165, 1.54) is 18.9 Å². The van der Waals surface area contributed by atoms with Crippen molar-refractivity contribution in [1.82, 2.24) is 0 Å². The first-order valence-corrected chi connectivity index (χ1v) is 6.92. The highest BCUT2D eigenvalue weighted by molar-refractivity contribution is 8.14. The van der Waals surface area contributed by atoms with Gasteiger partial charge in [-0.25, -0.2) is 4.79 Å². The Morgan fingerprint density at radius 2 is 2.44 bits per heavy atom. The van der Waals surface area contributed by atoms with E-state index in [4.69, 9.17) is 10.3 Å². The lowest BCUT2D eigenvalue weighted by atomic mass is 10.3. The summed E-state index contributed by atoms with van der Waals surface area (Å²) >= 11 is 1.19. The fourth-order valence-electron chi connectivity index (χ4n) is 1.15. The smallest absolute Gasteiger partial charge is 0.331 e. The molecule has 0 spiro atoms. The van der Waals surface area contributed by atoms with Crippen molar-refractivity contribution in [2.24, 2.45) is 10.7 Å². The van der Waals surface area contributed by atoms with E-state index >= 15 is 0 Å². The number of rotatable bonds is 4. The molecule has 0 bridgehead atoms. The molecule has 1 aliphatic heterocycles. The lowest BCUT2D eigenvalue weighted by molar-refractivity contribution is -0.141. The molecule has 3 N–H and O–H groups in total. The molecule has 0 aliphatic carbocycles. The van der Waals surface area contributed by atoms with E-state index in [1.807, 2.05) is 0 Å². The summed E-state index contributed by atoms with van der Waals surface area (Å²) < 4.78 is 34.3. The highest BCUT2D eigenvalue weighted by Gasteiger charge is 2.29. The Morgan fingerprint density at radius 3 is 2.94 bits per heavy atom. The molecule has 1 heterocycles. The minimum atomic E-state index is -4.14. The van der Waals surface area contributed by atoms with Crippen molar-refractivity contribution in [3.05, 3.63) is 0 Å². The second-order valence-corrected chi connectivity index (χ2v) is 5.71. The van der Waals surface area contributed by atoms with Crippen LogP contribution in [0.1, 0.15) is 0 Å². The Labute approximate surface area is 97.2 Å². The Hall–Kier alpha value is -0.640. The summed E-state index contributed by atoms with van der Waals surface area (Å²) in [6.45, 7) is 0. The van der Waals surface area contributed by atoms with Crippen molar-refractivity contribution in [1.29, 1.82) is 0 Å². The molecule has 0 aromatic heterocycles. The van der Waals surface area contributed by atoms with Crippen LogP contribution in [-0.4, -0.2) is 54.7 Å². The van der Waals surface area contributed by atoms with E-state index in [0.717, 1.165) is 0 Å². The quantitative estimate of drug-likeness (QED) is 0.490. The highest BCUT2D eigenvalue weighted by atomic mass is 32.2. The van der Waals surface area contributed by atoms with Crippen LogP contribution in [0.5, 0.6) is 0 Å². The van der Waals surface area contributed by atoms with Gasteiger partial charge in [-0.15, -0.1) is 11.8 Å². The number of thioether (sulfide) groups is 1. The number of carbonyl (C=O) groups excluding carboxylic acids is 1. The largest absolute Gasteiger partial charge is 0.467 e. The summed E-state index contributed by atoms with van der Waals surface area (Å²) in [5, 5.41) is 0.341. The van der Waals surface area contributed by atoms with E-state index in [2.05, 4.69) is 9.73 Å². The highest BCUT2D eigenvalue weighted by Crippen LogP contribution is 2.21. The van der Waals surface area contributed by atoms with Gasteiger partial charge in [0.2, 0.25) is 0 Å². The number of nitrogens with zero attached hydrogens (tertiary/aromatic N) is 1. The van der Waals surface area contributed by atoms with Gasteiger partial charge in [0.05, 0.1) is 23.9 Å². The first-order valence-electron chi connectivity index (χ1n) is 4.32. The zero-order valence-electron chi connectivity index (χ0n) is 8.49. The second kappa shape index (κ2) is 5.13. The van der Waals surface area contributed by atoms with Crippen molar-refractivity contribution in [2.45, 2.75) is 12.1 Å². The summed E-state index contributed by atoms with van der Waals surface area (Å²) in [7, 11) is -2.89. The summed E-state index contributed by atoms with van der Waals surface area (Å²) in [6.07, 6.45) is 0. The Kier molecular flexibility index (Phi) is 4.30. The maximum Gasteiger partial charge on any atom is 0.331 e. The molecule has 1 rings (SSSR count). The molecule has 0 radical (unpaired) electrons. The van der Waals surface area contributed by atoms with Crippen molar-refractivity contribution in [3.63, 3.8) is 0 Å². The topological polar surface area (TPSA) is 119 Å². The fraction of sp³-hybridized carbons (Fsp3) is 0.714. The number of ether oxygens (including phenoxy) is 1. The van der Waals surface area contributed by atoms with Crippen LogP contribution in [0.25, 0.3) is 0 Å². The Morgan fingerprint density at radius 1 is 1.81 bits per heavy atom. The molecule has 0 saturated heterocycles. The molecule has 1 aliphatic rings. The molecule has 7 nitrogen and oxygen atoms in total. The zero-order chi connectivity index (χ0) is 12.3. The van der Waals surface area contributed by atoms with Gasteiger partial charge in [-0.05, 0) is 0 Å². The number of hydrogen-bond acceptors (Lipinski definition) is 7. The molecule has 0 saturated carbocycles. The van der Waals surface area contributed by atoms with Gasteiger partial charge in [0.1, 0.15) is 0 Å². The van der Waals surface area contributed by atoms with Crippen LogP contribution in [0.2, 0.25) is 0 Å². The minimum Gasteiger partial charge on any atom is -0.467 e. The van der Waals surface area contributed by atoms with Gasteiger partial charge in [0.15, 0.2) is 6.04 Å². The van der Waals surface area contributed by atoms with Gasteiger partial charge in [-0.2, -0.15) is 8.42 Å². The fourth-order valence-corrected chi connectivity index (χ4v) is 2.91. The monoisotopic (exact) mass is 268 g/mol. The van der Waals surface area contributed by atoms with E-state index in [9.17, 15) is 13.2 Å². The molecule has 1 unspecified atom stereocenters. The van der Waals surface area contributed by atoms with Gasteiger partial charge in [0, 0.05) is 5.75 Å². The lowest BCUT2D eigenvalue weighted by Crippen LogP contribution is -2.35. The van der Waals surface area contributed by atoms with Gasteiger partial charge < -0.3 is 10.5 Å². The number of carbonyl (C=O) groups is 1. The molecule has 0 aromatic carbocycles. The zero-order valence-corrected chi connectivity index (χ0v) is 10.1. The molecule has 0 amide bonds. The van der Waals surface area contributed by atoms with Crippen LogP contribution >= 0.6 is 11.8 Å². The van der Waals surface area contributed by atoms with Gasteiger partial charge in [-0.1, -0.05) is 0 Å². The third-order valence-corrected chi connectivity index (χ3v) is 3.82. The Balaban J connectivity index is 2.66. The van der Waals surface area contributed by atoms with Crippen LogP contribution in [0, 0.1) is 0 Å². The maximum absolute atomic E-state index is 11.1. The van der Waals surface area contributed by atoms with Crippen LogP contribution in [0.15, 0.2) is 4.99 Å². The van der Waals surface area contributed by atoms with E-state index in [0.29, 0.717) is 10.8 Å². The number of hydrogen-bond donors (Lipinski definition) is 2. The van der Waals surface area contributed by atoms with E-state index in [1.54, 1.807) is 0 Å². The van der Waals surface area contributed by atoms with Gasteiger partial charge >= 0.3 is 5.97 Å². The maximum atomic E-state index is 11.1. The molecule has 16 heavy (non-hydrogen) atoms. The standard InChI is InChI=1S/C7H12N2O5S2/c1-14-7(10)5-2-15-6(9-5)4(8)3-16(11,12)13/h4-5H,2-3,8H2,1H3,(H,11,12,13)/t4?,5-/m0/s1. The first-order chi connectivity index (χ1) is 7.33. The molecule has 92 valence electrons. The van der Waals surface area contributed by atoms with Crippen molar-refractivity contribution in [3.8, 4) is 0 Å². The number of esters is 1. The molecular formula is C7H12N2O5S2. The van der Waals surface area contributed by atoms with Gasteiger partial charge in [-0.3, -0.25) is 9.55 Å². The second-order valence-electron chi connectivity index (χ2n) is 3.17. The number of methoxy groups -OCH3 is 1. The number of aliphatic imine (C=N–C) groups is 1. The van der Waals surface area contributed by atoms with E-state index < -0.39 is 33.9 Å². The summed E-state index contributed by atoms with van der Waals surface area (Å²) in [6, 6.07) is -1.55. The summed E-state index contributed by atoms with van der Waals surface area (Å²) in [5.74, 6) is -0.713. The average molecular weight is 268 g/mol. The molecule has 9 heteroatoms. The van der Waals surface area contributed by atoms with Crippen LogP contribution in [0.4, 0.5) is 0 Å². The first kappa shape index (κ1) is 13.4. The third kappa shape index (κ3) is 3.74. The van der Waals surface area contributed by atoms with Crippen molar-refractivity contribution >= 4 is 32.9 Å². The van der Waals surface area contributed by atoms with E-state index in [-0.39, 0.29) is 0 Å². The lowest BCUT2D eigenvalue weighted by Gasteiger charge is -2.07. The molecular weight excluding hydrogens is 256 g/mol. The number of nitrogens with two attached hydrogens (primary N) is 1. The predicted octanol–water partition coefficient (Wildman–Crippen LogP) is -1.11. The molecule has 0 aromatic rings. The van der Waals surface area contributed by atoms with Crippen molar-refractivity contribution in [2.75, 3.05) is 18.6 Å². The van der Waals surface area contributed by atoms with Crippen LogP contribution in [-0.2, 0) is 19.6 Å². The van der Waals surface area contributed by atoms with Crippen LogP contribution in [0.3, 0.4) is 0 Å². The SMILES string of the molecule is COC(=O)[C@@H]1CSC(C(N)CS(=O)(=O)O)=N1. The normalized spacial score (nSPS) is 22.7. The minimum absolute atomic E-state index is 0.341. The molecule has 2 atom stereocenters. The predicted molar refractivity (Wildman–Crippen MR) is 60.1 cm³/mol. The third-order valence-electron chi connectivity index (χ3n) is 1.85. The van der Waals surface area contributed by atoms with Gasteiger partial charge in [0.25, 0.3) is 10.1 Å². The average Bonchev–Trinajstić information content (AvgIpc) is 2.62. The molecule has 0 fully saturated rings. The Bertz CT molecular complexity index is 405.